The number of ether oxygens (including phenoxy) is 4. The van der Waals surface area contributed by atoms with Gasteiger partial charge in [-0.3, -0.25) is 4.99 Å². The first-order valence-electron chi connectivity index (χ1n) is 9.97. The highest BCUT2D eigenvalue weighted by molar-refractivity contribution is 5.79. The van der Waals surface area contributed by atoms with Crippen LogP contribution in [-0.4, -0.2) is 58.7 Å². The molecule has 1 fully saturated rings. The second-order valence-electron chi connectivity index (χ2n) is 6.47. The van der Waals surface area contributed by atoms with Gasteiger partial charge in [-0.25, -0.2) is 0 Å². The van der Waals surface area contributed by atoms with Gasteiger partial charge in [0.1, 0.15) is 0 Å². The van der Waals surface area contributed by atoms with Gasteiger partial charge in [0.15, 0.2) is 17.5 Å². The van der Waals surface area contributed by atoms with Crippen molar-refractivity contribution in [2.75, 3.05) is 40.0 Å². The summed E-state index contributed by atoms with van der Waals surface area (Å²) in [5.74, 6) is 0.891. The van der Waals surface area contributed by atoms with Crippen molar-refractivity contribution in [1.29, 1.82) is 0 Å². The second-order valence-corrected chi connectivity index (χ2v) is 6.47. The number of nitrogens with one attached hydrogen (secondary N) is 2. The van der Waals surface area contributed by atoms with Crippen molar-refractivity contribution in [3.8, 4) is 11.5 Å². The SMILES string of the molecule is CCOc1cccc(CNC(=NC)NCCCOCC2CCCO2)c1OC(F)F. The molecule has 9 heteroatoms. The van der Waals surface area contributed by atoms with Crippen LogP contribution in [0.5, 0.6) is 11.5 Å². The van der Waals surface area contributed by atoms with Gasteiger partial charge in [-0.2, -0.15) is 8.78 Å². The van der Waals surface area contributed by atoms with Gasteiger partial charge in [0.25, 0.3) is 0 Å². The van der Waals surface area contributed by atoms with Crippen molar-refractivity contribution < 1.29 is 27.7 Å². The lowest BCUT2D eigenvalue weighted by atomic mass is 10.2. The van der Waals surface area contributed by atoms with Gasteiger partial charge >= 0.3 is 6.61 Å². The predicted octanol–water partition coefficient (Wildman–Crippen LogP) is 2.94. The molecule has 0 aromatic heterocycles. The van der Waals surface area contributed by atoms with Gasteiger partial charge in [0, 0.05) is 38.9 Å². The number of aliphatic imine (C=N–C) groups is 1. The van der Waals surface area contributed by atoms with Crippen LogP contribution < -0.4 is 20.1 Å². The molecule has 0 bridgehead atoms. The summed E-state index contributed by atoms with van der Waals surface area (Å²) < 4.78 is 46.8. The highest BCUT2D eigenvalue weighted by atomic mass is 19.3. The van der Waals surface area contributed by atoms with E-state index in [4.69, 9.17) is 14.2 Å². The summed E-state index contributed by atoms with van der Waals surface area (Å²) in [5.41, 5.74) is 0.555. The van der Waals surface area contributed by atoms with Gasteiger partial charge in [-0.1, -0.05) is 12.1 Å². The first kappa shape index (κ1) is 23.2. The fraction of sp³-hybridized carbons (Fsp3) is 0.650. The number of alkyl halides is 2. The van der Waals surface area contributed by atoms with Crippen LogP contribution in [0.4, 0.5) is 8.78 Å². The van der Waals surface area contributed by atoms with Gasteiger partial charge < -0.3 is 29.6 Å². The Hall–Kier alpha value is -2.13. The third-order valence-electron chi connectivity index (χ3n) is 4.32. The molecule has 1 aliphatic heterocycles. The molecule has 0 saturated carbocycles. The van der Waals surface area contributed by atoms with Gasteiger partial charge in [-0.15, -0.1) is 0 Å². The van der Waals surface area contributed by atoms with Crippen molar-refractivity contribution in [2.24, 2.45) is 4.99 Å². The van der Waals surface area contributed by atoms with Crippen LogP contribution in [0.25, 0.3) is 0 Å². The fourth-order valence-electron chi connectivity index (χ4n) is 2.96. The third kappa shape index (κ3) is 8.41. The summed E-state index contributed by atoms with van der Waals surface area (Å²) in [4.78, 5) is 4.15. The van der Waals surface area contributed by atoms with Crippen molar-refractivity contribution >= 4 is 5.96 Å². The van der Waals surface area contributed by atoms with Crippen molar-refractivity contribution in [3.63, 3.8) is 0 Å². The molecular formula is C20H31F2N3O4. The molecule has 1 heterocycles. The maximum Gasteiger partial charge on any atom is 0.387 e. The number of para-hydroxylation sites is 1. The Labute approximate surface area is 170 Å². The summed E-state index contributed by atoms with van der Waals surface area (Å²) in [7, 11) is 1.65. The Morgan fingerprint density at radius 3 is 2.90 bits per heavy atom. The minimum absolute atomic E-state index is 0.0369. The van der Waals surface area contributed by atoms with E-state index < -0.39 is 6.61 Å². The van der Waals surface area contributed by atoms with Crippen LogP contribution in [0.15, 0.2) is 23.2 Å². The van der Waals surface area contributed by atoms with E-state index in [-0.39, 0.29) is 18.4 Å². The molecule has 1 aromatic rings. The van der Waals surface area contributed by atoms with E-state index in [2.05, 4.69) is 20.4 Å². The molecule has 1 aromatic carbocycles. The lowest BCUT2D eigenvalue weighted by Crippen LogP contribution is -2.37. The van der Waals surface area contributed by atoms with Crippen LogP contribution in [0.2, 0.25) is 0 Å². The van der Waals surface area contributed by atoms with Gasteiger partial charge in [0.2, 0.25) is 0 Å². The lowest BCUT2D eigenvalue weighted by Gasteiger charge is -2.17. The Morgan fingerprint density at radius 2 is 2.21 bits per heavy atom. The minimum Gasteiger partial charge on any atom is -0.490 e. The number of hydrogen-bond donors (Lipinski definition) is 2. The van der Waals surface area contributed by atoms with E-state index in [1.165, 1.54) is 0 Å². The summed E-state index contributed by atoms with van der Waals surface area (Å²) in [6.45, 7) is 2.24. The van der Waals surface area contributed by atoms with Gasteiger partial charge in [0.05, 0.1) is 19.3 Å². The molecule has 164 valence electrons. The van der Waals surface area contributed by atoms with Crippen LogP contribution >= 0.6 is 0 Å². The second kappa shape index (κ2) is 13.2. The number of benzene rings is 1. The van der Waals surface area contributed by atoms with Gasteiger partial charge in [-0.05, 0) is 32.3 Å². The molecule has 2 rings (SSSR count). The Bertz CT molecular complexity index is 626. The average Bonchev–Trinajstić information content (AvgIpc) is 3.22. The van der Waals surface area contributed by atoms with Crippen LogP contribution in [-0.2, 0) is 16.0 Å². The highest BCUT2D eigenvalue weighted by Crippen LogP contribution is 2.32. The largest absolute Gasteiger partial charge is 0.490 e. The normalized spacial score (nSPS) is 16.9. The van der Waals surface area contributed by atoms with E-state index >= 15 is 0 Å². The smallest absolute Gasteiger partial charge is 0.387 e. The van der Waals surface area contributed by atoms with Crippen molar-refractivity contribution in [1.82, 2.24) is 10.6 Å². The Balaban J connectivity index is 1.75. The molecular weight excluding hydrogens is 384 g/mol. The zero-order chi connectivity index (χ0) is 20.9. The molecule has 0 aliphatic carbocycles. The molecule has 0 spiro atoms. The molecule has 1 saturated heterocycles. The quantitative estimate of drug-likeness (QED) is 0.311. The summed E-state index contributed by atoms with van der Waals surface area (Å²) >= 11 is 0. The minimum atomic E-state index is -2.93. The summed E-state index contributed by atoms with van der Waals surface area (Å²) in [6.07, 6.45) is 3.22. The molecule has 1 unspecified atom stereocenters. The topological polar surface area (TPSA) is 73.3 Å². The van der Waals surface area contributed by atoms with Crippen LogP contribution in [0, 0.1) is 0 Å². The van der Waals surface area contributed by atoms with E-state index in [1.54, 1.807) is 32.2 Å². The highest BCUT2D eigenvalue weighted by Gasteiger charge is 2.16. The fourth-order valence-corrected chi connectivity index (χ4v) is 2.96. The van der Waals surface area contributed by atoms with E-state index in [9.17, 15) is 8.78 Å². The molecule has 1 aliphatic rings. The number of nitrogens with zero attached hydrogens (tertiary/aromatic N) is 1. The summed E-state index contributed by atoms with van der Waals surface area (Å²) in [6, 6.07) is 5.05. The number of halogens is 2. The van der Waals surface area contributed by atoms with Crippen LogP contribution in [0.1, 0.15) is 31.7 Å². The average molecular weight is 415 g/mol. The summed E-state index contributed by atoms with van der Waals surface area (Å²) in [5, 5.41) is 6.28. The molecule has 2 N–H and O–H groups in total. The van der Waals surface area contributed by atoms with E-state index in [0.29, 0.717) is 43.6 Å². The first-order valence-corrected chi connectivity index (χ1v) is 9.97. The molecule has 0 amide bonds. The number of hydrogen-bond acceptors (Lipinski definition) is 5. The standard InChI is InChI=1S/C20H31F2N3O4/c1-3-27-17-9-4-7-15(18(17)29-19(21)22)13-25-20(23-2)24-10-6-11-26-14-16-8-5-12-28-16/h4,7,9,16,19H,3,5-6,8,10-14H2,1-2H3,(H2,23,24,25). The Kier molecular flexibility index (Phi) is 10.5. The molecule has 7 nitrogen and oxygen atoms in total. The monoisotopic (exact) mass is 415 g/mol. The van der Waals surface area contributed by atoms with Crippen LogP contribution in [0.3, 0.4) is 0 Å². The molecule has 1 atom stereocenters. The zero-order valence-electron chi connectivity index (χ0n) is 17.1. The lowest BCUT2D eigenvalue weighted by molar-refractivity contribution is -0.0520. The maximum absolute atomic E-state index is 12.8. The number of rotatable bonds is 12. The van der Waals surface area contributed by atoms with Crippen molar-refractivity contribution in [3.05, 3.63) is 23.8 Å². The molecule has 0 radical (unpaired) electrons. The van der Waals surface area contributed by atoms with E-state index in [1.807, 2.05) is 0 Å². The first-order chi connectivity index (χ1) is 14.1. The predicted molar refractivity (Wildman–Crippen MR) is 107 cm³/mol. The third-order valence-corrected chi connectivity index (χ3v) is 4.32. The van der Waals surface area contributed by atoms with Crippen molar-refractivity contribution in [2.45, 2.75) is 45.4 Å². The Morgan fingerprint density at radius 1 is 1.34 bits per heavy atom. The van der Waals surface area contributed by atoms with E-state index in [0.717, 1.165) is 25.9 Å². The maximum atomic E-state index is 12.8. The molecule has 29 heavy (non-hydrogen) atoms. The zero-order valence-corrected chi connectivity index (χ0v) is 17.1. The number of guanidine groups is 1.